The minimum Gasteiger partial charge on any atom is -0.410 e. The number of halogens is 1. The van der Waals surface area contributed by atoms with Crippen LogP contribution in [0.25, 0.3) is 11.0 Å². The number of H-pyrrole nitrogens is 1. The second-order valence-electron chi connectivity index (χ2n) is 2.81. The Morgan fingerprint density at radius 1 is 1.60 bits per heavy atom. The Morgan fingerprint density at radius 3 is 3.07 bits per heavy atom. The maximum absolute atomic E-state index is 8.63. The van der Waals surface area contributed by atoms with Gasteiger partial charge in [0.2, 0.25) is 5.71 Å². The van der Waals surface area contributed by atoms with Crippen molar-refractivity contribution in [3.05, 3.63) is 29.0 Å². The third kappa shape index (κ3) is 1.63. The van der Waals surface area contributed by atoms with E-state index in [9.17, 15) is 0 Å². The molecule has 2 N–H and O–H groups in total. The van der Waals surface area contributed by atoms with Gasteiger partial charge in [0.15, 0.2) is 5.82 Å². The van der Waals surface area contributed by atoms with E-state index in [0.717, 1.165) is 0 Å². The predicted octanol–water partition coefficient (Wildman–Crippen LogP) is 1.92. The van der Waals surface area contributed by atoms with E-state index in [-0.39, 0.29) is 11.5 Å². The molecule has 0 unspecified atom stereocenters. The molecule has 2 rings (SSSR count). The molecule has 0 atom stereocenters. The molecule has 5 nitrogen and oxygen atoms in total. The van der Waals surface area contributed by atoms with Crippen molar-refractivity contribution >= 4 is 28.3 Å². The number of hydrogen-bond donors (Lipinski definition) is 2. The molecule has 1 aromatic heterocycles. The van der Waals surface area contributed by atoms with Crippen molar-refractivity contribution in [2.75, 3.05) is 0 Å². The third-order valence-electron chi connectivity index (χ3n) is 1.87. The molecule has 0 fully saturated rings. The first-order chi connectivity index (χ1) is 7.24. The summed E-state index contributed by atoms with van der Waals surface area (Å²) in [5.74, 6) is 0.220. The van der Waals surface area contributed by atoms with Gasteiger partial charge in [-0.2, -0.15) is 5.26 Å². The van der Waals surface area contributed by atoms with Crippen molar-refractivity contribution in [1.82, 2.24) is 9.97 Å². The van der Waals surface area contributed by atoms with Gasteiger partial charge in [0.05, 0.1) is 11.0 Å². The summed E-state index contributed by atoms with van der Waals surface area (Å²) in [6.07, 6.45) is 0. The Labute approximate surface area is 89.6 Å². The molecule has 0 aliphatic rings. The van der Waals surface area contributed by atoms with Crippen LogP contribution in [0.15, 0.2) is 23.4 Å². The molecule has 6 heteroatoms. The highest BCUT2D eigenvalue weighted by Crippen LogP contribution is 2.17. The van der Waals surface area contributed by atoms with Gasteiger partial charge < -0.3 is 10.2 Å². The average Bonchev–Trinajstić information content (AvgIpc) is 2.62. The monoisotopic (exact) mass is 220 g/mol. The molecule has 0 amide bonds. The van der Waals surface area contributed by atoms with Crippen molar-refractivity contribution in [2.45, 2.75) is 0 Å². The summed E-state index contributed by atoms with van der Waals surface area (Å²) >= 11 is 5.78. The second kappa shape index (κ2) is 3.59. The fraction of sp³-hybridized carbons (Fsp3) is 0. The minimum absolute atomic E-state index is 0.165. The number of nitrogens with zero attached hydrogens (tertiary/aromatic N) is 3. The van der Waals surface area contributed by atoms with Crippen molar-refractivity contribution < 1.29 is 5.21 Å². The highest BCUT2D eigenvalue weighted by molar-refractivity contribution is 6.31. The van der Waals surface area contributed by atoms with E-state index < -0.39 is 0 Å². The molecule has 0 saturated heterocycles. The van der Waals surface area contributed by atoms with Crippen LogP contribution in [-0.4, -0.2) is 20.9 Å². The van der Waals surface area contributed by atoms with Crippen molar-refractivity contribution in [2.24, 2.45) is 5.16 Å². The van der Waals surface area contributed by atoms with E-state index in [4.69, 9.17) is 22.1 Å². The largest absolute Gasteiger partial charge is 0.410 e. The van der Waals surface area contributed by atoms with E-state index in [2.05, 4.69) is 15.1 Å². The fourth-order valence-corrected chi connectivity index (χ4v) is 1.39. The number of oxime groups is 1. The maximum atomic E-state index is 8.63. The minimum atomic E-state index is -0.165. The molecule has 0 aliphatic heterocycles. The first kappa shape index (κ1) is 9.49. The smallest absolute Gasteiger partial charge is 0.221 e. The summed E-state index contributed by atoms with van der Waals surface area (Å²) in [5.41, 5.74) is 1.18. The van der Waals surface area contributed by atoms with Crippen molar-refractivity contribution in [3.63, 3.8) is 0 Å². The van der Waals surface area contributed by atoms with E-state index in [1.165, 1.54) is 0 Å². The van der Waals surface area contributed by atoms with Crippen LogP contribution >= 0.6 is 11.6 Å². The zero-order valence-electron chi connectivity index (χ0n) is 7.40. The molecule has 0 aliphatic carbocycles. The number of hydrogen-bond acceptors (Lipinski definition) is 4. The van der Waals surface area contributed by atoms with Gasteiger partial charge in [-0.1, -0.05) is 16.8 Å². The molecular weight excluding hydrogens is 216 g/mol. The first-order valence-electron chi connectivity index (χ1n) is 4.02. The Balaban J connectivity index is 2.62. The maximum Gasteiger partial charge on any atom is 0.221 e. The number of fused-ring (bicyclic) bond motifs is 1. The lowest BCUT2D eigenvalue weighted by Gasteiger charge is -1.87. The summed E-state index contributed by atoms with van der Waals surface area (Å²) in [5, 5.41) is 20.6. The number of nitrogens with one attached hydrogen (secondary N) is 1. The van der Waals surface area contributed by atoms with E-state index in [1.807, 2.05) is 0 Å². The number of aromatic amines is 1. The average molecular weight is 221 g/mol. The SMILES string of the molecule is N#C/C(=N/O)c1nc2ccc(Cl)cc2[nH]1. The van der Waals surface area contributed by atoms with E-state index >= 15 is 0 Å². The Hall–Kier alpha value is -2.06. The van der Waals surface area contributed by atoms with E-state index in [0.29, 0.717) is 16.1 Å². The van der Waals surface area contributed by atoms with Crippen LogP contribution in [0.5, 0.6) is 0 Å². The quantitative estimate of drug-likeness (QED) is 0.437. The molecule has 0 saturated carbocycles. The lowest BCUT2D eigenvalue weighted by atomic mass is 10.3. The fourth-order valence-electron chi connectivity index (χ4n) is 1.22. The molecule has 1 aromatic carbocycles. The normalized spacial score (nSPS) is 11.6. The van der Waals surface area contributed by atoms with Crippen molar-refractivity contribution in [1.29, 1.82) is 5.26 Å². The Morgan fingerprint density at radius 2 is 2.40 bits per heavy atom. The van der Waals surface area contributed by atoms with Crippen LogP contribution in [0.4, 0.5) is 0 Å². The van der Waals surface area contributed by atoms with Crippen LogP contribution < -0.4 is 0 Å². The topological polar surface area (TPSA) is 85.1 Å². The lowest BCUT2D eigenvalue weighted by molar-refractivity contribution is 0.320. The number of imidazole rings is 1. The number of benzene rings is 1. The van der Waals surface area contributed by atoms with Gasteiger partial charge in [-0.25, -0.2) is 4.98 Å². The highest BCUT2D eigenvalue weighted by atomic mass is 35.5. The van der Waals surface area contributed by atoms with E-state index in [1.54, 1.807) is 24.3 Å². The number of rotatable bonds is 1. The molecule has 2 aromatic rings. The molecular formula is C9H5ClN4O. The lowest BCUT2D eigenvalue weighted by Crippen LogP contribution is -1.99. The Kier molecular flexibility index (Phi) is 2.27. The van der Waals surface area contributed by atoms with Crippen LogP contribution in [0.2, 0.25) is 5.02 Å². The predicted molar refractivity (Wildman–Crippen MR) is 55.0 cm³/mol. The van der Waals surface area contributed by atoms with Crippen LogP contribution in [0, 0.1) is 11.3 Å². The molecule has 74 valence electrons. The first-order valence-corrected chi connectivity index (χ1v) is 4.40. The Bertz CT molecular complexity index is 581. The van der Waals surface area contributed by atoms with Gasteiger partial charge >= 0.3 is 0 Å². The summed E-state index contributed by atoms with van der Waals surface area (Å²) in [7, 11) is 0. The summed E-state index contributed by atoms with van der Waals surface area (Å²) in [6.45, 7) is 0. The van der Waals surface area contributed by atoms with Gasteiger partial charge in [0, 0.05) is 5.02 Å². The molecule has 1 heterocycles. The summed E-state index contributed by atoms with van der Waals surface area (Å²) in [6, 6.07) is 6.80. The zero-order valence-corrected chi connectivity index (χ0v) is 8.15. The van der Waals surface area contributed by atoms with Gasteiger partial charge in [-0.15, -0.1) is 0 Å². The van der Waals surface area contributed by atoms with Gasteiger partial charge in [0.1, 0.15) is 6.07 Å². The van der Waals surface area contributed by atoms with Crippen LogP contribution in [-0.2, 0) is 0 Å². The second-order valence-corrected chi connectivity index (χ2v) is 3.24. The molecule has 0 spiro atoms. The molecule has 0 radical (unpaired) electrons. The summed E-state index contributed by atoms with van der Waals surface area (Å²) in [4.78, 5) is 6.90. The number of aromatic nitrogens is 2. The van der Waals surface area contributed by atoms with Gasteiger partial charge in [-0.05, 0) is 18.2 Å². The highest BCUT2D eigenvalue weighted by Gasteiger charge is 2.09. The molecule has 15 heavy (non-hydrogen) atoms. The van der Waals surface area contributed by atoms with Crippen LogP contribution in [0.3, 0.4) is 0 Å². The summed E-state index contributed by atoms with van der Waals surface area (Å²) < 4.78 is 0. The van der Waals surface area contributed by atoms with Crippen LogP contribution in [0.1, 0.15) is 5.82 Å². The van der Waals surface area contributed by atoms with Gasteiger partial charge in [0.25, 0.3) is 0 Å². The third-order valence-corrected chi connectivity index (χ3v) is 2.11. The zero-order chi connectivity index (χ0) is 10.8. The van der Waals surface area contributed by atoms with Crippen molar-refractivity contribution in [3.8, 4) is 6.07 Å². The van der Waals surface area contributed by atoms with Gasteiger partial charge in [-0.3, -0.25) is 0 Å². The standard InChI is InChI=1S/C9H5ClN4O/c10-5-1-2-6-7(3-5)13-9(12-6)8(4-11)14-15/h1-3,15H,(H,12,13)/b14-8-. The number of nitriles is 1. The molecule has 0 bridgehead atoms.